The Labute approximate surface area is 60.3 Å². The minimum absolute atomic E-state index is 0.236. The van der Waals surface area contributed by atoms with Gasteiger partial charge in [0.2, 0.25) is 5.91 Å². The molecule has 0 saturated carbocycles. The van der Waals surface area contributed by atoms with Gasteiger partial charge in [0.05, 0.1) is 0 Å². The summed E-state index contributed by atoms with van der Waals surface area (Å²) in [7, 11) is 0. The van der Waals surface area contributed by atoms with Crippen molar-refractivity contribution in [3.63, 3.8) is 0 Å². The van der Waals surface area contributed by atoms with Crippen molar-refractivity contribution in [1.82, 2.24) is 5.32 Å². The molecule has 0 spiro atoms. The number of rotatable bonds is 0. The average molecular weight is 143 g/mol. The van der Waals surface area contributed by atoms with E-state index in [0.717, 1.165) is 0 Å². The maximum atomic E-state index is 10.9. The molecule has 58 valence electrons. The van der Waals surface area contributed by atoms with E-state index in [-0.39, 0.29) is 11.9 Å². The van der Waals surface area contributed by atoms with Gasteiger partial charge in [0.25, 0.3) is 0 Å². The highest BCUT2D eigenvalue weighted by Gasteiger charge is 2.20. The SMILES string of the molecule is CC(C)(C)C(=O)NC(=N)N. The van der Waals surface area contributed by atoms with Gasteiger partial charge in [-0.25, -0.2) is 0 Å². The minimum Gasteiger partial charge on any atom is -0.370 e. The molecule has 1 amide bonds. The molecule has 0 atom stereocenters. The number of amides is 1. The molecule has 4 nitrogen and oxygen atoms in total. The fraction of sp³-hybridized carbons (Fsp3) is 0.667. The number of hydrogen-bond acceptors (Lipinski definition) is 2. The van der Waals surface area contributed by atoms with Crippen LogP contribution in [0.1, 0.15) is 20.8 Å². The molecule has 0 radical (unpaired) electrons. The quantitative estimate of drug-likeness (QED) is 0.330. The zero-order valence-electron chi connectivity index (χ0n) is 6.49. The van der Waals surface area contributed by atoms with Gasteiger partial charge >= 0.3 is 0 Å². The lowest BCUT2D eigenvalue weighted by Crippen LogP contribution is -2.42. The topological polar surface area (TPSA) is 79.0 Å². The number of guanidine groups is 1. The first-order valence-corrected chi connectivity index (χ1v) is 2.99. The van der Waals surface area contributed by atoms with Crippen LogP contribution in [0.4, 0.5) is 0 Å². The van der Waals surface area contributed by atoms with E-state index >= 15 is 0 Å². The Balaban J connectivity index is 3.99. The highest BCUT2D eigenvalue weighted by atomic mass is 16.2. The van der Waals surface area contributed by atoms with Crippen molar-refractivity contribution in [3.05, 3.63) is 0 Å². The maximum Gasteiger partial charge on any atom is 0.232 e. The fourth-order valence-electron chi connectivity index (χ4n) is 0.310. The molecule has 0 rings (SSSR count). The second-order valence-corrected chi connectivity index (χ2v) is 3.12. The van der Waals surface area contributed by atoms with Crippen LogP contribution in [-0.4, -0.2) is 11.9 Å². The van der Waals surface area contributed by atoms with E-state index in [4.69, 9.17) is 11.1 Å². The zero-order chi connectivity index (χ0) is 8.36. The standard InChI is InChI=1S/C6H13N3O/c1-6(2,3)4(10)9-5(7)8/h1-3H3,(H4,7,8,9,10). The molecular formula is C6H13N3O. The fourth-order valence-corrected chi connectivity index (χ4v) is 0.310. The smallest absolute Gasteiger partial charge is 0.232 e. The van der Waals surface area contributed by atoms with Crippen LogP contribution in [0.5, 0.6) is 0 Å². The number of hydrogen-bond donors (Lipinski definition) is 3. The van der Waals surface area contributed by atoms with Crippen LogP contribution in [0.25, 0.3) is 0 Å². The van der Waals surface area contributed by atoms with Crippen LogP contribution >= 0.6 is 0 Å². The van der Waals surface area contributed by atoms with Crippen molar-refractivity contribution in [2.75, 3.05) is 0 Å². The predicted octanol–water partition coefficient (Wildman–Crippen LogP) is 0.0422. The molecule has 0 aromatic heterocycles. The van der Waals surface area contributed by atoms with E-state index in [1.165, 1.54) is 0 Å². The molecule has 0 aliphatic heterocycles. The van der Waals surface area contributed by atoms with Gasteiger partial charge in [-0.3, -0.25) is 15.5 Å². The predicted molar refractivity (Wildman–Crippen MR) is 39.5 cm³/mol. The summed E-state index contributed by atoms with van der Waals surface area (Å²) in [6.45, 7) is 5.27. The Morgan fingerprint density at radius 2 is 1.90 bits per heavy atom. The summed E-state index contributed by atoms with van der Waals surface area (Å²) in [6, 6.07) is 0. The van der Waals surface area contributed by atoms with E-state index in [1.54, 1.807) is 20.8 Å². The third kappa shape index (κ3) is 3.06. The Morgan fingerprint density at radius 1 is 1.50 bits per heavy atom. The summed E-state index contributed by atoms with van der Waals surface area (Å²) in [4.78, 5) is 10.9. The number of carbonyl (C=O) groups excluding carboxylic acids is 1. The Morgan fingerprint density at radius 3 is 2.00 bits per heavy atom. The summed E-state index contributed by atoms with van der Waals surface area (Å²) in [5.74, 6) is -0.542. The first-order valence-electron chi connectivity index (χ1n) is 2.99. The third-order valence-corrected chi connectivity index (χ3v) is 0.929. The second kappa shape index (κ2) is 2.68. The zero-order valence-corrected chi connectivity index (χ0v) is 6.49. The third-order valence-electron chi connectivity index (χ3n) is 0.929. The molecule has 0 aromatic carbocycles. The van der Waals surface area contributed by atoms with E-state index in [0.29, 0.717) is 0 Å². The van der Waals surface area contributed by atoms with Gasteiger partial charge in [-0.05, 0) is 0 Å². The molecular weight excluding hydrogens is 130 g/mol. The Hall–Kier alpha value is -1.06. The van der Waals surface area contributed by atoms with Gasteiger partial charge in [-0.1, -0.05) is 20.8 Å². The average Bonchev–Trinajstić information content (AvgIpc) is 1.60. The number of carbonyl (C=O) groups is 1. The van der Waals surface area contributed by atoms with Crippen LogP contribution < -0.4 is 11.1 Å². The molecule has 4 heteroatoms. The summed E-state index contributed by atoms with van der Waals surface area (Å²) in [5.41, 5.74) is 4.46. The van der Waals surface area contributed by atoms with Gasteiger partial charge in [0.15, 0.2) is 5.96 Å². The van der Waals surface area contributed by atoms with Gasteiger partial charge in [-0.2, -0.15) is 0 Å². The number of nitrogens with one attached hydrogen (secondary N) is 2. The lowest BCUT2D eigenvalue weighted by molar-refractivity contribution is -0.126. The summed E-state index contributed by atoms with van der Waals surface area (Å²) in [6.07, 6.45) is 0. The van der Waals surface area contributed by atoms with E-state index in [9.17, 15) is 4.79 Å². The maximum absolute atomic E-state index is 10.9. The van der Waals surface area contributed by atoms with Crippen molar-refractivity contribution in [1.29, 1.82) is 5.41 Å². The van der Waals surface area contributed by atoms with Crippen molar-refractivity contribution in [2.45, 2.75) is 20.8 Å². The minimum atomic E-state index is -0.480. The monoisotopic (exact) mass is 143 g/mol. The lowest BCUT2D eigenvalue weighted by Gasteiger charge is -2.16. The molecule has 0 saturated heterocycles. The van der Waals surface area contributed by atoms with Gasteiger partial charge in [-0.15, -0.1) is 0 Å². The van der Waals surface area contributed by atoms with Crippen LogP contribution in [0, 0.1) is 10.8 Å². The van der Waals surface area contributed by atoms with E-state index < -0.39 is 5.41 Å². The molecule has 0 bridgehead atoms. The normalized spacial score (nSPS) is 10.7. The van der Waals surface area contributed by atoms with Crippen LogP contribution in [-0.2, 0) is 4.79 Å². The lowest BCUT2D eigenvalue weighted by atomic mass is 9.96. The summed E-state index contributed by atoms with van der Waals surface area (Å²) < 4.78 is 0. The Kier molecular flexibility index (Phi) is 2.40. The largest absolute Gasteiger partial charge is 0.370 e. The van der Waals surface area contributed by atoms with Crippen molar-refractivity contribution in [2.24, 2.45) is 11.1 Å². The van der Waals surface area contributed by atoms with Gasteiger partial charge < -0.3 is 5.73 Å². The molecule has 0 fully saturated rings. The van der Waals surface area contributed by atoms with Crippen molar-refractivity contribution >= 4 is 11.9 Å². The Bertz CT molecular complexity index is 157. The first kappa shape index (κ1) is 8.94. The molecule has 10 heavy (non-hydrogen) atoms. The van der Waals surface area contributed by atoms with Gasteiger partial charge in [0.1, 0.15) is 0 Å². The summed E-state index contributed by atoms with van der Waals surface area (Å²) >= 11 is 0. The van der Waals surface area contributed by atoms with Crippen LogP contribution in [0.15, 0.2) is 0 Å². The first-order chi connectivity index (χ1) is 4.34. The number of nitrogens with two attached hydrogens (primary N) is 1. The van der Waals surface area contributed by atoms with E-state index in [1.807, 2.05) is 0 Å². The second-order valence-electron chi connectivity index (χ2n) is 3.12. The molecule has 0 heterocycles. The van der Waals surface area contributed by atoms with Crippen LogP contribution in [0.3, 0.4) is 0 Å². The van der Waals surface area contributed by atoms with Crippen molar-refractivity contribution in [3.8, 4) is 0 Å². The molecule has 0 aliphatic rings. The van der Waals surface area contributed by atoms with Gasteiger partial charge in [0, 0.05) is 5.41 Å². The molecule has 0 aliphatic carbocycles. The molecule has 0 aromatic rings. The van der Waals surface area contributed by atoms with Crippen molar-refractivity contribution < 1.29 is 4.79 Å². The van der Waals surface area contributed by atoms with E-state index in [2.05, 4.69) is 5.32 Å². The van der Waals surface area contributed by atoms with Crippen LogP contribution in [0.2, 0.25) is 0 Å². The summed E-state index contributed by atoms with van der Waals surface area (Å²) in [5, 5.41) is 8.96. The highest BCUT2D eigenvalue weighted by Crippen LogP contribution is 2.11. The molecule has 0 unspecified atom stereocenters. The highest BCUT2D eigenvalue weighted by molar-refractivity contribution is 5.96. The molecule has 4 N–H and O–H groups in total.